The van der Waals surface area contributed by atoms with Crippen LogP contribution >= 0.6 is 0 Å². The first-order chi connectivity index (χ1) is 17.4. The Morgan fingerprint density at radius 2 is 1.57 bits per heavy atom. The topological polar surface area (TPSA) is 106 Å². The van der Waals surface area contributed by atoms with E-state index in [9.17, 15) is 8.42 Å². The monoisotopic (exact) mass is 519 g/mol. The SMILES string of the molecule is CN(C)Cc1ccccc1-c1cc(-c2nnc([C@](C)(N)Cc3ccccc3)o2)cc(N(C)S(C)(=O)=O)c1. The Labute approximate surface area is 218 Å². The second-order valence-electron chi connectivity index (χ2n) is 9.89. The molecule has 0 amide bonds. The highest BCUT2D eigenvalue weighted by Gasteiger charge is 2.29. The van der Waals surface area contributed by atoms with Gasteiger partial charge in [0.2, 0.25) is 21.8 Å². The molecular formula is C28H33N5O3S. The first-order valence-electron chi connectivity index (χ1n) is 11.9. The first kappa shape index (κ1) is 26.5. The zero-order chi connectivity index (χ0) is 26.8. The standard InChI is InChI=1S/C28H33N5O3S/c1-28(29,18-20-11-7-6-8-12-20)27-31-30-26(36-27)23-15-22(16-24(17-23)33(4)37(5,34)35)25-14-10-9-13-21(25)19-32(2)3/h6-17H,18-19,29H2,1-5H3/t28-/m1/s1. The maximum absolute atomic E-state index is 12.4. The van der Waals surface area contributed by atoms with E-state index >= 15 is 0 Å². The van der Waals surface area contributed by atoms with Crippen molar-refractivity contribution in [1.29, 1.82) is 0 Å². The van der Waals surface area contributed by atoms with Gasteiger partial charge in [-0.3, -0.25) is 4.31 Å². The molecule has 194 valence electrons. The summed E-state index contributed by atoms with van der Waals surface area (Å²) < 4.78 is 32.1. The molecule has 0 saturated heterocycles. The summed E-state index contributed by atoms with van der Waals surface area (Å²) in [5.41, 5.74) is 10.8. The summed E-state index contributed by atoms with van der Waals surface area (Å²) in [6.07, 6.45) is 1.70. The third kappa shape index (κ3) is 6.25. The van der Waals surface area contributed by atoms with E-state index < -0.39 is 15.6 Å². The van der Waals surface area contributed by atoms with Gasteiger partial charge >= 0.3 is 0 Å². The molecule has 3 aromatic carbocycles. The summed E-state index contributed by atoms with van der Waals surface area (Å²) >= 11 is 0. The molecule has 0 spiro atoms. The van der Waals surface area contributed by atoms with Gasteiger partial charge in [0.25, 0.3) is 0 Å². The van der Waals surface area contributed by atoms with E-state index in [1.54, 1.807) is 6.07 Å². The lowest BCUT2D eigenvalue weighted by atomic mass is 9.94. The van der Waals surface area contributed by atoms with Gasteiger partial charge in [-0.1, -0.05) is 54.6 Å². The molecule has 0 aliphatic rings. The van der Waals surface area contributed by atoms with Crippen molar-refractivity contribution in [2.75, 3.05) is 31.7 Å². The zero-order valence-corrected chi connectivity index (χ0v) is 22.7. The zero-order valence-electron chi connectivity index (χ0n) is 21.8. The Morgan fingerprint density at radius 1 is 0.919 bits per heavy atom. The van der Waals surface area contributed by atoms with Gasteiger partial charge in [0.05, 0.1) is 17.5 Å². The predicted molar refractivity (Wildman–Crippen MR) is 147 cm³/mol. The molecule has 0 aliphatic carbocycles. The van der Waals surface area contributed by atoms with E-state index in [0.29, 0.717) is 23.6 Å². The number of aromatic nitrogens is 2. The van der Waals surface area contributed by atoms with Crippen molar-refractivity contribution in [2.45, 2.75) is 25.4 Å². The van der Waals surface area contributed by atoms with Crippen LogP contribution in [0.15, 0.2) is 77.2 Å². The second kappa shape index (κ2) is 10.5. The molecule has 4 rings (SSSR count). The third-order valence-corrected chi connectivity index (χ3v) is 7.37. The van der Waals surface area contributed by atoms with Crippen LogP contribution in [0.1, 0.15) is 23.9 Å². The molecule has 0 fully saturated rings. The van der Waals surface area contributed by atoms with Crippen LogP contribution in [0.2, 0.25) is 0 Å². The fraction of sp³-hybridized carbons (Fsp3) is 0.286. The maximum atomic E-state index is 12.4. The van der Waals surface area contributed by atoms with Crippen molar-refractivity contribution in [2.24, 2.45) is 5.73 Å². The molecule has 0 bridgehead atoms. The van der Waals surface area contributed by atoms with Gasteiger partial charge in [-0.2, -0.15) is 0 Å². The molecule has 1 heterocycles. The summed E-state index contributed by atoms with van der Waals surface area (Å²) in [6, 6.07) is 23.5. The van der Waals surface area contributed by atoms with Crippen molar-refractivity contribution in [1.82, 2.24) is 15.1 Å². The Morgan fingerprint density at radius 3 is 2.24 bits per heavy atom. The Bertz CT molecular complexity index is 1480. The molecule has 37 heavy (non-hydrogen) atoms. The second-order valence-corrected chi connectivity index (χ2v) is 11.9. The summed E-state index contributed by atoms with van der Waals surface area (Å²) in [5.74, 6) is 0.581. The van der Waals surface area contributed by atoms with Crippen molar-refractivity contribution in [3.05, 3.63) is 89.8 Å². The number of sulfonamides is 1. The van der Waals surface area contributed by atoms with E-state index in [2.05, 4.69) is 21.2 Å². The van der Waals surface area contributed by atoms with Crippen LogP contribution in [0.5, 0.6) is 0 Å². The highest BCUT2D eigenvalue weighted by atomic mass is 32.2. The van der Waals surface area contributed by atoms with Crippen molar-refractivity contribution in [3.63, 3.8) is 0 Å². The van der Waals surface area contributed by atoms with E-state index in [4.69, 9.17) is 10.2 Å². The molecule has 1 atom stereocenters. The van der Waals surface area contributed by atoms with E-state index in [1.165, 1.54) is 17.6 Å². The fourth-order valence-electron chi connectivity index (χ4n) is 4.21. The predicted octanol–water partition coefficient (Wildman–Crippen LogP) is 4.28. The highest BCUT2D eigenvalue weighted by molar-refractivity contribution is 7.92. The van der Waals surface area contributed by atoms with Crippen LogP contribution in [0.25, 0.3) is 22.6 Å². The third-order valence-electron chi connectivity index (χ3n) is 6.17. The Hall–Kier alpha value is -3.53. The lowest BCUT2D eigenvalue weighted by Gasteiger charge is -2.20. The van der Waals surface area contributed by atoms with Gasteiger partial charge in [0.15, 0.2) is 0 Å². The fourth-order valence-corrected chi connectivity index (χ4v) is 4.70. The molecule has 2 N–H and O–H groups in total. The van der Waals surface area contributed by atoms with Gasteiger partial charge in [0, 0.05) is 19.2 Å². The smallest absolute Gasteiger partial charge is 0.247 e. The van der Waals surface area contributed by atoms with Crippen LogP contribution < -0.4 is 10.0 Å². The molecule has 0 radical (unpaired) electrons. The number of hydrogen-bond acceptors (Lipinski definition) is 7. The van der Waals surface area contributed by atoms with E-state index in [0.717, 1.165) is 28.8 Å². The minimum absolute atomic E-state index is 0.273. The number of nitrogens with zero attached hydrogens (tertiary/aromatic N) is 4. The Balaban J connectivity index is 1.79. The molecule has 8 nitrogen and oxygen atoms in total. The van der Waals surface area contributed by atoms with Crippen LogP contribution in [0.4, 0.5) is 5.69 Å². The van der Waals surface area contributed by atoms with Gasteiger partial charge in [-0.25, -0.2) is 8.42 Å². The molecule has 1 aromatic heterocycles. The minimum atomic E-state index is -3.50. The lowest BCUT2D eigenvalue weighted by Crippen LogP contribution is -2.35. The van der Waals surface area contributed by atoms with Gasteiger partial charge in [-0.05, 0) is 67.9 Å². The number of rotatable bonds is 9. The highest BCUT2D eigenvalue weighted by Crippen LogP contribution is 2.35. The number of hydrogen-bond donors (Lipinski definition) is 1. The quantitative estimate of drug-likeness (QED) is 0.352. The first-order valence-corrected chi connectivity index (χ1v) is 13.8. The van der Waals surface area contributed by atoms with Gasteiger partial charge in [0.1, 0.15) is 0 Å². The van der Waals surface area contributed by atoms with Crippen LogP contribution in [-0.4, -0.2) is 50.9 Å². The summed E-state index contributed by atoms with van der Waals surface area (Å²) in [6.45, 7) is 2.58. The van der Waals surface area contributed by atoms with Crippen molar-refractivity contribution >= 4 is 15.7 Å². The number of anilines is 1. The minimum Gasteiger partial charge on any atom is -0.419 e. The molecule has 9 heteroatoms. The normalized spacial score (nSPS) is 13.5. The summed E-state index contributed by atoms with van der Waals surface area (Å²) in [5, 5.41) is 8.55. The molecule has 0 aliphatic heterocycles. The average molecular weight is 520 g/mol. The number of nitrogens with two attached hydrogens (primary N) is 1. The van der Waals surface area contributed by atoms with Crippen LogP contribution in [0.3, 0.4) is 0 Å². The summed E-state index contributed by atoms with van der Waals surface area (Å²) in [7, 11) is 2.05. The van der Waals surface area contributed by atoms with Crippen LogP contribution in [0, 0.1) is 0 Å². The largest absolute Gasteiger partial charge is 0.419 e. The van der Waals surface area contributed by atoms with Gasteiger partial charge in [-0.15, -0.1) is 10.2 Å². The molecular weight excluding hydrogens is 486 g/mol. The Kier molecular flexibility index (Phi) is 7.49. The van der Waals surface area contributed by atoms with E-state index in [-0.39, 0.29) is 5.89 Å². The van der Waals surface area contributed by atoms with E-state index in [1.807, 2.05) is 81.7 Å². The molecule has 0 unspecified atom stereocenters. The van der Waals surface area contributed by atoms with Crippen molar-refractivity contribution < 1.29 is 12.8 Å². The lowest BCUT2D eigenvalue weighted by molar-refractivity contribution is 0.355. The average Bonchev–Trinajstić information content (AvgIpc) is 3.35. The number of benzene rings is 3. The van der Waals surface area contributed by atoms with Gasteiger partial charge < -0.3 is 15.1 Å². The molecule has 4 aromatic rings. The maximum Gasteiger partial charge on any atom is 0.247 e. The summed E-state index contributed by atoms with van der Waals surface area (Å²) in [4.78, 5) is 2.09. The van der Waals surface area contributed by atoms with Crippen molar-refractivity contribution in [3.8, 4) is 22.6 Å². The molecule has 0 saturated carbocycles. The van der Waals surface area contributed by atoms with Crippen LogP contribution in [-0.2, 0) is 28.5 Å².